The Bertz CT molecular complexity index is 270. The molecule has 0 aliphatic heterocycles. The standard InChI is InChI=1S/C6H8F3N3S/c7-6(8,9)5-12-3-4(13-5)11-2-1-10/h3,11H,1-2,10H2. The van der Waals surface area contributed by atoms with Gasteiger partial charge >= 0.3 is 6.18 Å². The summed E-state index contributed by atoms with van der Waals surface area (Å²) in [6.07, 6.45) is -3.20. The van der Waals surface area contributed by atoms with Crippen LogP contribution in [0.3, 0.4) is 0 Å². The van der Waals surface area contributed by atoms with E-state index >= 15 is 0 Å². The molecule has 13 heavy (non-hydrogen) atoms. The number of anilines is 1. The van der Waals surface area contributed by atoms with Gasteiger partial charge in [-0.3, -0.25) is 0 Å². The van der Waals surface area contributed by atoms with Gasteiger partial charge in [0.2, 0.25) is 0 Å². The molecule has 0 atom stereocenters. The first-order valence-electron chi connectivity index (χ1n) is 3.51. The number of hydrogen-bond donors (Lipinski definition) is 2. The van der Waals surface area contributed by atoms with E-state index in [4.69, 9.17) is 5.73 Å². The summed E-state index contributed by atoms with van der Waals surface area (Å²) in [7, 11) is 0. The van der Waals surface area contributed by atoms with Crippen LogP contribution in [-0.4, -0.2) is 18.1 Å². The summed E-state index contributed by atoms with van der Waals surface area (Å²) < 4.78 is 36.1. The van der Waals surface area contributed by atoms with E-state index in [-0.39, 0.29) is 0 Å². The van der Waals surface area contributed by atoms with E-state index in [9.17, 15) is 13.2 Å². The number of alkyl halides is 3. The number of halogens is 3. The molecule has 0 fully saturated rings. The van der Waals surface area contributed by atoms with E-state index in [0.29, 0.717) is 29.4 Å². The highest BCUT2D eigenvalue weighted by molar-refractivity contribution is 7.15. The van der Waals surface area contributed by atoms with Crippen LogP contribution in [0.5, 0.6) is 0 Å². The fourth-order valence-corrected chi connectivity index (χ4v) is 1.39. The van der Waals surface area contributed by atoms with Crippen molar-refractivity contribution in [3.63, 3.8) is 0 Å². The topological polar surface area (TPSA) is 50.9 Å². The van der Waals surface area contributed by atoms with Crippen molar-refractivity contribution < 1.29 is 13.2 Å². The van der Waals surface area contributed by atoms with Gasteiger partial charge in [-0.2, -0.15) is 13.2 Å². The van der Waals surface area contributed by atoms with E-state index in [1.807, 2.05) is 0 Å². The van der Waals surface area contributed by atoms with Gasteiger partial charge in [-0.25, -0.2) is 4.98 Å². The molecular weight excluding hydrogens is 203 g/mol. The largest absolute Gasteiger partial charge is 0.443 e. The van der Waals surface area contributed by atoms with Crippen LogP contribution < -0.4 is 11.1 Å². The van der Waals surface area contributed by atoms with Crippen molar-refractivity contribution >= 4 is 16.3 Å². The second kappa shape index (κ2) is 3.93. The van der Waals surface area contributed by atoms with Crippen LogP contribution in [0.1, 0.15) is 5.01 Å². The van der Waals surface area contributed by atoms with Crippen molar-refractivity contribution in [1.82, 2.24) is 4.98 Å². The van der Waals surface area contributed by atoms with E-state index in [2.05, 4.69) is 10.3 Å². The summed E-state index contributed by atoms with van der Waals surface area (Å²) in [5, 5.41) is 2.26. The predicted molar refractivity (Wildman–Crippen MR) is 44.7 cm³/mol. The Morgan fingerprint density at radius 2 is 2.23 bits per heavy atom. The summed E-state index contributed by atoms with van der Waals surface area (Å²) >= 11 is 0.577. The lowest BCUT2D eigenvalue weighted by Gasteiger charge is -2.00. The van der Waals surface area contributed by atoms with Gasteiger partial charge in [-0.05, 0) is 0 Å². The van der Waals surface area contributed by atoms with Gasteiger partial charge in [-0.15, -0.1) is 0 Å². The smallest absolute Gasteiger partial charge is 0.374 e. The van der Waals surface area contributed by atoms with Crippen LogP contribution in [0.2, 0.25) is 0 Å². The molecular formula is C6H8F3N3S. The minimum absolute atomic E-state index is 0.374. The Kier molecular flexibility index (Phi) is 3.10. The third kappa shape index (κ3) is 2.85. The first-order chi connectivity index (χ1) is 6.04. The van der Waals surface area contributed by atoms with Crippen LogP contribution >= 0.6 is 11.3 Å². The minimum Gasteiger partial charge on any atom is -0.374 e. The van der Waals surface area contributed by atoms with Crippen molar-refractivity contribution in [3.8, 4) is 0 Å². The second-order valence-corrected chi connectivity index (χ2v) is 3.27. The third-order valence-corrected chi connectivity index (χ3v) is 2.19. The van der Waals surface area contributed by atoms with E-state index in [1.54, 1.807) is 0 Å². The molecule has 0 unspecified atom stereocenters. The Hall–Kier alpha value is -0.820. The number of nitrogens with two attached hydrogens (primary N) is 1. The Labute approximate surface area is 76.8 Å². The van der Waals surface area contributed by atoms with Crippen molar-refractivity contribution in [2.75, 3.05) is 18.4 Å². The molecule has 0 bridgehead atoms. The maximum atomic E-state index is 12.0. The molecule has 0 saturated heterocycles. The fourth-order valence-electron chi connectivity index (χ4n) is 0.682. The highest BCUT2D eigenvalue weighted by atomic mass is 32.1. The molecule has 7 heteroatoms. The zero-order valence-electron chi connectivity index (χ0n) is 6.56. The summed E-state index contributed by atoms with van der Waals surface area (Å²) in [5.41, 5.74) is 5.17. The van der Waals surface area contributed by atoms with Crippen LogP contribution in [-0.2, 0) is 6.18 Å². The maximum Gasteiger partial charge on any atom is 0.443 e. The number of nitrogens with zero attached hydrogens (tertiary/aromatic N) is 1. The maximum absolute atomic E-state index is 12.0. The van der Waals surface area contributed by atoms with E-state index in [0.717, 1.165) is 6.20 Å². The van der Waals surface area contributed by atoms with Crippen molar-refractivity contribution in [2.45, 2.75) is 6.18 Å². The third-order valence-electron chi connectivity index (χ3n) is 1.19. The molecule has 1 aromatic rings. The van der Waals surface area contributed by atoms with Crippen molar-refractivity contribution in [2.24, 2.45) is 5.73 Å². The molecule has 3 N–H and O–H groups in total. The molecule has 1 heterocycles. The van der Waals surface area contributed by atoms with E-state index in [1.165, 1.54) is 0 Å². The molecule has 0 radical (unpaired) electrons. The van der Waals surface area contributed by atoms with Crippen molar-refractivity contribution in [1.29, 1.82) is 0 Å². The number of nitrogens with one attached hydrogen (secondary N) is 1. The molecule has 3 nitrogen and oxygen atoms in total. The average molecular weight is 211 g/mol. The summed E-state index contributed by atoms with van der Waals surface area (Å²) in [4.78, 5) is 3.23. The van der Waals surface area contributed by atoms with Gasteiger partial charge in [0.15, 0.2) is 5.01 Å². The molecule has 1 rings (SSSR count). The molecule has 74 valence electrons. The highest BCUT2D eigenvalue weighted by Gasteiger charge is 2.34. The number of rotatable bonds is 3. The minimum atomic E-state index is -4.35. The molecule has 0 amide bonds. The van der Waals surface area contributed by atoms with Gasteiger partial charge in [-0.1, -0.05) is 11.3 Å². The lowest BCUT2D eigenvalue weighted by molar-refractivity contribution is -0.137. The molecule has 0 aliphatic rings. The Morgan fingerprint density at radius 1 is 1.54 bits per heavy atom. The van der Waals surface area contributed by atoms with Gasteiger partial charge in [0.05, 0.1) is 6.20 Å². The summed E-state index contributed by atoms with van der Waals surface area (Å²) in [6.45, 7) is 0.818. The monoisotopic (exact) mass is 211 g/mol. The van der Waals surface area contributed by atoms with Gasteiger partial charge in [0.1, 0.15) is 5.00 Å². The molecule has 0 aromatic carbocycles. The Morgan fingerprint density at radius 3 is 2.69 bits per heavy atom. The molecule has 0 spiro atoms. The van der Waals surface area contributed by atoms with Gasteiger partial charge in [0, 0.05) is 13.1 Å². The quantitative estimate of drug-likeness (QED) is 0.797. The first kappa shape index (κ1) is 10.3. The predicted octanol–water partition coefficient (Wildman–Crippen LogP) is 1.53. The zero-order valence-corrected chi connectivity index (χ0v) is 7.37. The van der Waals surface area contributed by atoms with Crippen molar-refractivity contribution in [3.05, 3.63) is 11.2 Å². The number of hydrogen-bond acceptors (Lipinski definition) is 4. The average Bonchev–Trinajstić information content (AvgIpc) is 2.47. The molecule has 1 aromatic heterocycles. The highest BCUT2D eigenvalue weighted by Crippen LogP contribution is 2.34. The van der Waals surface area contributed by atoms with Crippen LogP contribution in [0.25, 0.3) is 0 Å². The molecule has 0 aliphatic carbocycles. The number of aromatic nitrogens is 1. The van der Waals surface area contributed by atoms with E-state index < -0.39 is 11.2 Å². The molecule has 0 saturated carbocycles. The zero-order chi connectivity index (χ0) is 9.90. The SMILES string of the molecule is NCCNc1cnc(C(F)(F)F)s1. The van der Waals surface area contributed by atoms with Crippen LogP contribution in [0, 0.1) is 0 Å². The van der Waals surface area contributed by atoms with Gasteiger partial charge in [0.25, 0.3) is 0 Å². The summed E-state index contributed by atoms with van der Waals surface area (Å²) in [5.74, 6) is 0. The Balaban J connectivity index is 2.64. The van der Waals surface area contributed by atoms with Gasteiger partial charge < -0.3 is 11.1 Å². The lowest BCUT2D eigenvalue weighted by Crippen LogP contribution is -2.12. The first-order valence-corrected chi connectivity index (χ1v) is 4.32. The fraction of sp³-hybridized carbons (Fsp3) is 0.500. The normalized spacial score (nSPS) is 11.7. The van der Waals surface area contributed by atoms with Crippen LogP contribution in [0.4, 0.5) is 18.2 Å². The van der Waals surface area contributed by atoms with Crippen LogP contribution in [0.15, 0.2) is 6.20 Å². The lowest BCUT2D eigenvalue weighted by atomic mass is 10.6. The summed E-state index contributed by atoms with van der Waals surface area (Å²) in [6, 6.07) is 0. The second-order valence-electron chi connectivity index (χ2n) is 2.24. The number of thiazole rings is 1.